The van der Waals surface area contributed by atoms with Gasteiger partial charge in [0.1, 0.15) is 22.4 Å². The van der Waals surface area contributed by atoms with Crippen molar-refractivity contribution in [3.8, 4) is 0 Å². The fourth-order valence-corrected chi connectivity index (χ4v) is 2.56. The summed E-state index contributed by atoms with van der Waals surface area (Å²) in [5.74, 6) is 1.76. The second kappa shape index (κ2) is 7.76. The summed E-state index contributed by atoms with van der Waals surface area (Å²) in [4.78, 5) is 15.4. The predicted octanol–water partition coefficient (Wildman–Crippen LogP) is 3.23. The molecule has 0 spiro atoms. The molecule has 0 saturated carbocycles. The minimum absolute atomic E-state index is 0.340. The Balaban J connectivity index is 4.64. The maximum absolute atomic E-state index is 12.2. The van der Waals surface area contributed by atoms with Gasteiger partial charge in [-0.15, -0.1) is 0 Å². The molecular formula is C14H28N2O3S. The van der Waals surface area contributed by atoms with Crippen LogP contribution in [-0.4, -0.2) is 38.8 Å². The highest BCUT2D eigenvalue weighted by Crippen LogP contribution is 2.13. The Morgan fingerprint density at radius 3 is 2.20 bits per heavy atom. The molecule has 5 nitrogen and oxygen atoms in total. The monoisotopic (exact) mass is 304 g/mol. The molecule has 0 rings (SSSR count). The van der Waals surface area contributed by atoms with Crippen LogP contribution in [0.2, 0.25) is 0 Å². The molecule has 0 aromatic heterocycles. The lowest BCUT2D eigenvalue weighted by molar-refractivity contribution is 0.0603. The van der Waals surface area contributed by atoms with Crippen LogP contribution in [0.1, 0.15) is 48.5 Å². The summed E-state index contributed by atoms with van der Waals surface area (Å²) in [5.41, 5.74) is -0.579. The van der Waals surface area contributed by atoms with E-state index in [0.29, 0.717) is 23.4 Å². The van der Waals surface area contributed by atoms with Crippen LogP contribution in [0.3, 0.4) is 0 Å². The summed E-state index contributed by atoms with van der Waals surface area (Å²) >= 11 is 0. The summed E-state index contributed by atoms with van der Waals surface area (Å²) in [7, 11) is 0.483. The average molecular weight is 304 g/mol. The molecule has 0 aliphatic rings. The lowest BCUT2D eigenvalue weighted by Crippen LogP contribution is -2.32. The first-order valence-electron chi connectivity index (χ1n) is 6.84. The molecule has 0 aromatic carbocycles. The van der Waals surface area contributed by atoms with Crippen molar-refractivity contribution in [3.05, 3.63) is 0 Å². The molecule has 0 fully saturated rings. The van der Waals surface area contributed by atoms with E-state index >= 15 is 0 Å². The van der Waals surface area contributed by atoms with E-state index in [1.807, 2.05) is 0 Å². The van der Waals surface area contributed by atoms with Gasteiger partial charge >= 0.3 is 6.09 Å². The van der Waals surface area contributed by atoms with Crippen molar-refractivity contribution in [3.63, 3.8) is 0 Å². The van der Waals surface area contributed by atoms with Crippen molar-refractivity contribution >= 4 is 22.9 Å². The van der Waals surface area contributed by atoms with Gasteiger partial charge in [-0.25, -0.2) is 9.00 Å². The maximum atomic E-state index is 12.2. The fourth-order valence-electron chi connectivity index (χ4n) is 1.16. The lowest BCUT2D eigenvalue weighted by atomic mass is 10.0. The molecule has 0 radical (unpaired) electrons. The minimum Gasteiger partial charge on any atom is -0.442 e. The number of amidine groups is 1. The van der Waals surface area contributed by atoms with Gasteiger partial charge in [-0.3, -0.25) is 4.31 Å². The van der Waals surface area contributed by atoms with E-state index in [0.717, 1.165) is 0 Å². The molecule has 0 N–H and O–H groups in total. The van der Waals surface area contributed by atoms with Crippen molar-refractivity contribution < 1.29 is 13.7 Å². The van der Waals surface area contributed by atoms with Gasteiger partial charge in [0.25, 0.3) is 0 Å². The molecular weight excluding hydrogens is 276 g/mol. The summed E-state index contributed by atoms with van der Waals surface area (Å²) in [6, 6.07) is 0. The van der Waals surface area contributed by atoms with Crippen LogP contribution in [0, 0.1) is 11.8 Å². The van der Waals surface area contributed by atoms with Crippen LogP contribution in [0.25, 0.3) is 0 Å². The Hall–Kier alpha value is -0.910. The SMILES string of the molecule is CC(=NC(=O)OC(C)(C)C)N(C)S(=O)CC(C)C(C)C. The minimum atomic E-state index is -1.19. The molecule has 0 heterocycles. The van der Waals surface area contributed by atoms with Gasteiger partial charge in [0.2, 0.25) is 0 Å². The molecule has 0 aliphatic heterocycles. The fraction of sp³-hybridized carbons (Fsp3) is 0.857. The molecule has 6 heteroatoms. The van der Waals surface area contributed by atoms with E-state index in [1.54, 1.807) is 34.7 Å². The molecule has 20 heavy (non-hydrogen) atoms. The van der Waals surface area contributed by atoms with Crippen molar-refractivity contribution in [2.24, 2.45) is 16.8 Å². The van der Waals surface area contributed by atoms with Gasteiger partial charge in [0.05, 0.1) is 0 Å². The summed E-state index contributed by atoms with van der Waals surface area (Å²) < 4.78 is 18.8. The van der Waals surface area contributed by atoms with Gasteiger partial charge in [-0.1, -0.05) is 20.8 Å². The number of nitrogens with zero attached hydrogens (tertiary/aromatic N) is 2. The van der Waals surface area contributed by atoms with Gasteiger partial charge in [-0.05, 0) is 39.5 Å². The summed E-state index contributed by atoms with van der Waals surface area (Å²) in [5, 5.41) is 0. The zero-order valence-electron chi connectivity index (χ0n) is 13.9. The molecule has 118 valence electrons. The number of aliphatic imine (C=N–C) groups is 1. The number of amides is 1. The van der Waals surface area contributed by atoms with Crippen LogP contribution in [-0.2, 0) is 15.7 Å². The van der Waals surface area contributed by atoms with Gasteiger partial charge < -0.3 is 4.74 Å². The van der Waals surface area contributed by atoms with Crippen molar-refractivity contribution in [2.45, 2.75) is 54.1 Å². The third-order valence-corrected chi connectivity index (χ3v) is 4.64. The zero-order valence-corrected chi connectivity index (χ0v) is 14.7. The van der Waals surface area contributed by atoms with E-state index < -0.39 is 22.7 Å². The number of ether oxygens (including phenoxy) is 1. The van der Waals surface area contributed by atoms with Crippen LogP contribution in [0.4, 0.5) is 4.79 Å². The maximum Gasteiger partial charge on any atom is 0.435 e. The molecule has 2 atom stereocenters. The van der Waals surface area contributed by atoms with Gasteiger partial charge in [0.15, 0.2) is 0 Å². The first-order chi connectivity index (χ1) is 8.94. The predicted molar refractivity (Wildman–Crippen MR) is 84.1 cm³/mol. The summed E-state index contributed by atoms with van der Waals surface area (Å²) in [6.07, 6.45) is -0.657. The summed E-state index contributed by atoms with van der Waals surface area (Å²) in [6.45, 7) is 13.3. The Kier molecular flexibility index (Phi) is 7.41. The number of rotatable bonds is 4. The normalized spacial score (nSPS) is 15.9. The highest BCUT2D eigenvalue weighted by Gasteiger charge is 2.19. The Bertz CT molecular complexity index is 386. The molecule has 0 bridgehead atoms. The average Bonchev–Trinajstić information content (AvgIpc) is 2.24. The number of carbonyl (C=O) groups is 1. The molecule has 0 saturated heterocycles. The van der Waals surface area contributed by atoms with Gasteiger partial charge in [-0.2, -0.15) is 4.99 Å². The largest absolute Gasteiger partial charge is 0.442 e. The molecule has 0 aromatic rings. The highest BCUT2D eigenvalue weighted by atomic mass is 32.2. The van der Waals surface area contributed by atoms with Crippen molar-refractivity contribution in [1.82, 2.24) is 4.31 Å². The van der Waals surface area contributed by atoms with E-state index in [4.69, 9.17) is 4.74 Å². The van der Waals surface area contributed by atoms with E-state index in [1.165, 1.54) is 4.31 Å². The Morgan fingerprint density at radius 2 is 1.80 bits per heavy atom. The van der Waals surface area contributed by atoms with E-state index in [9.17, 15) is 9.00 Å². The highest BCUT2D eigenvalue weighted by molar-refractivity contribution is 7.83. The number of hydrogen-bond acceptors (Lipinski definition) is 3. The molecule has 1 amide bonds. The van der Waals surface area contributed by atoms with E-state index in [2.05, 4.69) is 25.8 Å². The quantitative estimate of drug-likeness (QED) is 0.592. The number of carbonyl (C=O) groups excluding carboxylic acids is 1. The third kappa shape index (κ3) is 7.62. The molecule has 2 unspecified atom stereocenters. The van der Waals surface area contributed by atoms with Crippen LogP contribution >= 0.6 is 0 Å². The number of hydrogen-bond donors (Lipinski definition) is 0. The zero-order chi connectivity index (χ0) is 16.1. The second-order valence-electron chi connectivity index (χ2n) is 6.35. The van der Waals surface area contributed by atoms with Crippen LogP contribution in [0.5, 0.6) is 0 Å². The smallest absolute Gasteiger partial charge is 0.435 e. The molecule has 0 aliphatic carbocycles. The van der Waals surface area contributed by atoms with E-state index in [-0.39, 0.29) is 0 Å². The first kappa shape index (κ1) is 19.1. The standard InChI is InChI=1S/C14H28N2O3S/c1-10(2)11(3)9-20(18)16(8)12(4)15-13(17)19-14(5,6)7/h10-11H,9H2,1-8H3. The van der Waals surface area contributed by atoms with Crippen LogP contribution in [0.15, 0.2) is 4.99 Å². The third-order valence-electron chi connectivity index (χ3n) is 2.95. The first-order valence-corrected chi connectivity index (χ1v) is 8.12. The Labute approximate surface area is 125 Å². The Morgan fingerprint density at radius 1 is 1.30 bits per heavy atom. The lowest BCUT2D eigenvalue weighted by Gasteiger charge is -2.22. The van der Waals surface area contributed by atoms with Crippen molar-refractivity contribution in [2.75, 3.05) is 12.8 Å². The van der Waals surface area contributed by atoms with Crippen molar-refractivity contribution in [1.29, 1.82) is 0 Å². The van der Waals surface area contributed by atoms with Gasteiger partial charge in [0, 0.05) is 12.8 Å². The second-order valence-corrected chi connectivity index (χ2v) is 7.87. The van der Waals surface area contributed by atoms with Crippen LogP contribution < -0.4 is 0 Å². The topological polar surface area (TPSA) is 59.0 Å².